The maximum absolute atomic E-state index is 12.3. The first kappa shape index (κ1) is 11.6. The molecule has 0 unspecified atom stereocenters. The van der Waals surface area contributed by atoms with E-state index >= 15 is 0 Å². The van der Waals surface area contributed by atoms with Gasteiger partial charge >= 0.3 is 0 Å². The van der Waals surface area contributed by atoms with Gasteiger partial charge in [-0.1, -0.05) is 6.92 Å². The van der Waals surface area contributed by atoms with Gasteiger partial charge in [0, 0.05) is 23.3 Å². The quantitative estimate of drug-likeness (QED) is 0.773. The van der Waals surface area contributed by atoms with Crippen LogP contribution in [-0.4, -0.2) is 23.9 Å². The van der Waals surface area contributed by atoms with Gasteiger partial charge in [0.2, 0.25) is 0 Å². The number of aryl methyl sites for hydroxylation is 1. The van der Waals surface area contributed by atoms with Gasteiger partial charge in [-0.25, -0.2) is 0 Å². The molecule has 2 rings (SSSR count). The van der Waals surface area contributed by atoms with Crippen LogP contribution in [0.2, 0.25) is 0 Å². The molecule has 0 radical (unpaired) electrons. The van der Waals surface area contributed by atoms with E-state index in [9.17, 15) is 4.79 Å². The van der Waals surface area contributed by atoms with E-state index in [2.05, 4.69) is 13.8 Å². The second kappa shape index (κ2) is 5.00. The molecule has 1 aromatic heterocycles. The van der Waals surface area contributed by atoms with Crippen molar-refractivity contribution in [1.29, 1.82) is 0 Å². The second-order valence-corrected chi connectivity index (χ2v) is 5.47. The molecule has 1 aromatic rings. The molecule has 3 heteroatoms. The lowest BCUT2D eigenvalue weighted by atomic mass is 10.1. The Morgan fingerprint density at radius 3 is 2.69 bits per heavy atom. The lowest BCUT2D eigenvalue weighted by Crippen LogP contribution is -2.35. The highest BCUT2D eigenvalue weighted by atomic mass is 32.1. The Kier molecular flexibility index (Phi) is 3.64. The summed E-state index contributed by atoms with van der Waals surface area (Å²) in [4.78, 5) is 15.6. The van der Waals surface area contributed by atoms with Crippen LogP contribution in [-0.2, 0) is 6.42 Å². The third-order valence-electron chi connectivity index (χ3n) is 3.33. The molecule has 1 aliphatic heterocycles. The van der Waals surface area contributed by atoms with E-state index in [0.717, 1.165) is 37.9 Å². The fourth-order valence-electron chi connectivity index (χ4n) is 2.37. The Balaban J connectivity index is 2.19. The zero-order chi connectivity index (χ0) is 11.5. The fourth-order valence-corrected chi connectivity index (χ4v) is 3.30. The lowest BCUT2D eigenvalue weighted by Gasteiger charge is -2.26. The van der Waals surface area contributed by atoms with Crippen molar-refractivity contribution in [3.8, 4) is 0 Å². The van der Waals surface area contributed by atoms with E-state index in [1.807, 2.05) is 10.3 Å². The number of hydrogen-bond acceptors (Lipinski definition) is 2. The Labute approximate surface area is 101 Å². The first-order valence-electron chi connectivity index (χ1n) is 6.10. The lowest BCUT2D eigenvalue weighted by molar-refractivity contribution is 0.0724. The van der Waals surface area contributed by atoms with E-state index < -0.39 is 0 Å². The minimum Gasteiger partial charge on any atom is -0.339 e. The summed E-state index contributed by atoms with van der Waals surface area (Å²) in [6.07, 6.45) is 4.56. The van der Waals surface area contributed by atoms with Crippen LogP contribution in [0.4, 0.5) is 0 Å². The molecule has 0 atom stereocenters. The Morgan fingerprint density at radius 2 is 2.06 bits per heavy atom. The Hall–Kier alpha value is -0.830. The minimum absolute atomic E-state index is 0.251. The van der Waals surface area contributed by atoms with Gasteiger partial charge in [-0.15, -0.1) is 11.3 Å². The highest BCUT2D eigenvalue weighted by Crippen LogP contribution is 2.24. The van der Waals surface area contributed by atoms with E-state index in [-0.39, 0.29) is 5.91 Å². The number of amides is 1. The third-order valence-corrected chi connectivity index (χ3v) is 4.28. The highest BCUT2D eigenvalue weighted by Gasteiger charge is 2.21. The van der Waals surface area contributed by atoms with Crippen molar-refractivity contribution >= 4 is 17.2 Å². The first-order valence-corrected chi connectivity index (χ1v) is 6.98. The smallest absolute Gasteiger partial charge is 0.254 e. The number of rotatable bonds is 2. The van der Waals surface area contributed by atoms with Crippen LogP contribution in [0.1, 0.15) is 47.0 Å². The summed E-state index contributed by atoms with van der Waals surface area (Å²) in [7, 11) is 0. The van der Waals surface area contributed by atoms with Crippen LogP contribution in [0, 0.1) is 6.92 Å². The summed E-state index contributed by atoms with van der Waals surface area (Å²) < 4.78 is 0. The van der Waals surface area contributed by atoms with Gasteiger partial charge in [0.1, 0.15) is 0 Å². The average Bonchev–Trinajstić information content (AvgIpc) is 2.70. The van der Waals surface area contributed by atoms with Crippen LogP contribution in [0.3, 0.4) is 0 Å². The largest absolute Gasteiger partial charge is 0.339 e. The van der Waals surface area contributed by atoms with E-state index in [4.69, 9.17) is 0 Å². The summed E-state index contributed by atoms with van der Waals surface area (Å²) in [5.74, 6) is 0.251. The number of carbonyl (C=O) groups is 1. The van der Waals surface area contributed by atoms with Crippen molar-refractivity contribution in [2.45, 2.75) is 39.5 Å². The fraction of sp³-hybridized carbons (Fsp3) is 0.615. The number of piperidine rings is 1. The molecule has 1 saturated heterocycles. The van der Waals surface area contributed by atoms with Gasteiger partial charge in [0.15, 0.2) is 0 Å². The summed E-state index contributed by atoms with van der Waals surface area (Å²) >= 11 is 1.70. The number of nitrogens with zero attached hydrogens (tertiary/aromatic N) is 1. The molecule has 88 valence electrons. The molecular weight excluding hydrogens is 218 g/mol. The van der Waals surface area contributed by atoms with Crippen LogP contribution < -0.4 is 0 Å². The zero-order valence-electron chi connectivity index (χ0n) is 10.1. The van der Waals surface area contributed by atoms with Crippen LogP contribution in [0.25, 0.3) is 0 Å². The molecule has 2 heterocycles. The average molecular weight is 237 g/mol. The van der Waals surface area contributed by atoms with Crippen molar-refractivity contribution in [2.75, 3.05) is 13.1 Å². The molecule has 2 nitrogen and oxygen atoms in total. The maximum Gasteiger partial charge on any atom is 0.254 e. The van der Waals surface area contributed by atoms with Gasteiger partial charge in [0.05, 0.1) is 5.56 Å². The highest BCUT2D eigenvalue weighted by molar-refractivity contribution is 7.10. The molecule has 16 heavy (non-hydrogen) atoms. The summed E-state index contributed by atoms with van der Waals surface area (Å²) in [5.41, 5.74) is 2.20. The van der Waals surface area contributed by atoms with Crippen molar-refractivity contribution in [3.63, 3.8) is 0 Å². The van der Waals surface area contributed by atoms with Crippen molar-refractivity contribution in [2.24, 2.45) is 0 Å². The molecule has 1 amide bonds. The number of hydrogen-bond donors (Lipinski definition) is 0. The SMILES string of the molecule is CCc1c(C(=O)N2CCCCC2)csc1C. The zero-order valence-corrected chi connectivity index (χ0v) is 10.9. The summed E-state index contributed by atoms with van der Waals surface area (Å²) in [5, 5.41) is 2.03. The number of carbonyl (C=O) groups excluding carboxylic acids is 1. The third kappa shape index (κ3) is 2.14. The monoisotopic (exact) mass is 237 g/mol. The molecule has 0 bridgehead atoms. The van der Waals surface area contributed by atoms with Crippen LogP contribution >= 0.6 is 11.3 Å². The van der Waals surface area contributed by atoms with Crippen molar-refractivity contribution < 1.29 is 4.79 Å². The number of likely N-dealkylation sites (tertiary alicyclic amines) is 1. The molecule has 1 fully saturated rings. The molecule has 1 aliphatic rings. The molecule has 0 N–H and O–H groups in total. The second-order valence-electron chi connectivity index (χ2n) is 4.39. The van der Waals surface area contributed by atoms with Crippen LogP contribution in [0.15, 0.2) is 5.38 Å². The Bertz CT molecular complexity index is 377. The van der Waals surface area contributed by atoms with E-state index in [0.29, 0.717) is 0 Å². The maximum atomic E-state index is 12.3. The molecule has 0 aromatic carbocycles. The van der Waals surface area contributed by atoms with Gasteiger partial charge in [-0.3, -0.25) is 4.79 Å². The topological polar surface area (TPSA) is 20.3 Å². The summed E-state index contributed by atoms with van der Waals surface area (Å²) in [6, 6.07) is 0. The minimum atomic E-state index is 0.251. The van der Waals surface area contributed by atoms with Crippen molar-refractivity contribution in [3.05, 3.63) is 21.4 Å². The standard InChI is InChI=1S/C13H19NOS/c1-3-11-10(2)16-9-12(11)13(15)14-7-5-4-6-8-14/h9H,3-8H2,1-2H3. The summed E-state index contributed by atoms with van der Waals surface area (Å²) in [6.45, 7) is 6.12. The van der Waals surface area contributed by atoms with Gasteiger partial charge in [-0.05, 0) is 38.2 Å². The van der Waals surface area contributed by atoms with Gasteiger partial charge in [-0.2, -0.15) is 0 Å². The first-order chi connectivity index (χ1) is 7.74. The molecule has 0 spiro atoms. The van der Waals surface area contributed by atoms with Gasteiger partial charge in [0.25, 0.3) is 5.91 Å². The van der Waals surface area contributed by atoms with Gasteiger partial charge < -0.3 is 4.90 Å². The molecular formula is C13H19NOS. The number of thiophene rings is 1. The Morgan fingerprint density at radius 1 is 1.38 bits per heavy atom. The molecule has 0 aliphatic carbocycles. The van der Waals surface area contributed by atoms with Crippen LogP contribution in [0.5, 0.6) is 0 Å². The van der Waals surface area contributed by atoms with Crippen molar-refractivity contribution in [1.82, 2.24) is 4.90 Å². The van der Waals surface area contributed by atoms with E-state index in [1.54, 1.807) is 11.3 Å². The molecule has 0 saturated carbocycles. The normalized spacial score (nSPS) is 16.5. The predicted molar refractivity (Wildman–Crippen MR) is 68.2 cm³/mol. The van der Waals surface area contributed by atoms with E-state index in [1.165, 1.54) is 16.9 Å². The predicted octanol–water partition coefficient (Wildman–Crippen LogP) is 3.25.